The fourth-order valence-electron chi connectivity index (χ4n) is 3.37. The first-order valence-corrected chi connectivity index (χ1v) is 7.31. The van der Waals surface area contributed by atoms with Gasteiger partial charge in [-0.1, -0.05) is 38.8 Å². The summed E-state index contributed by atoms with van der Waals surface area (Å²) in [6.45, 7) is 4.46. The van der Waals surface area contributed by atoms with E-state index in [4.69, 9.17) is 0 Å². The molecule has 1 saturated carbocycles. The minimum atomic E-state index is -0.398. The Balaban J connectivity index is 2.03. The lowest BCUT2D eigenvalue weighted by atomic mass is 9.66. The van der Waals surface area contributed by atoms with Crippen molar-refractivity contribution in [3.63, 3.8) is 0 Å². The van der Waals surface area contributed by atoms with Gasteiger partial charge < -0.3 is 5.11 Å². The molecule has 20 heavy (non-hydrogen) atoms. The van der Waals surface area contributed by atoms with Crippen molar-refractivity contribution in [2.75, 3.05) is 0 Å². The molecule has 0 heterocycles. The number of hydrogen-bond acceptors (Lipinski definition) is 3. The number of hydrogen-bond donors (Lipinski definition) is 1. The highest BCUT2D eigenvalue weighted by Gasteiger charge is 2.36. The second-order valence-corrected chi connectivity index (χ2v) is 6.54. The van der Waals surface area contributed by atoms with Crippen molar-refractivity contribution >= 4 is 5.69 Å². The molecule has 0 saturated heterocycles. The highest BCUT2D eigenvalue weighted by molar-refractivity contribution is 5.33. The third kappa shape index (κ3) is 3.37. The van der Waals surface area contributed by atoms with Crippen LogP contribution in [0.15, 0.2) is 24.3 Å². The van der Waals surface area contributed by atoms with E-state index in [-0.39, 0.29) is 17.2 Å². The Kier molecular flexibility index (Phi) is 4.43. The van der Waals surface area contributed by atoms with Gasteiger partial charge in [0.25, 0.3) is 5.69 Å². The van der Waals surface area contributed by atoms with Crippen LogP contribution in [0.4, 0.5) is 5.69 Å². The molecular weight excluding hydrogens is 254 g/mol. The average Bonchev–Trinajstić information content (AvgIpc) is 2.38. The van der Waals surface area contributed by atoms with Crippen LogP contribution in [-0.4, -0.2) is 16.1 Å². The predicted molar refractivity (Wildman–Crippen MR) is 78.5 cm³/mol. The minimum Gasteiger partial charge on any atom is -0.392 e. The molecule has 1 N–H and O–H groups in total. The van der Waals surface area contributed by atoms with Crippen LogP contribution in [0.3, 0.4) is 0 Å². The fourth-order valence-corrected chi connectivity index (χ4v) is 3.37. The molecular formula is C16H23NO3. The molecule has 0 radical (unpaired) electrons. The first-order chi connectivity index (χ1) is 9.40. The van der Waals surface area contributed by atoms with Crippen LogP contribution < -0.4 is 0 Å². The molecule has 0 bridgehead atoms. The Hall–Kier alpha value is -1.42. The summed E-state index contributed by atoms with van der Waals surface area (Å²) >= 11 is 0. The van der Waals surface area contributed by atoms with Crippen molar-refractivity contribution < 1.29 is 10.0 Å². The highest BCUT2D eigenvalue weighted by Crippen LogP contribution is 2.42. The Morgan fingerprint density at radius 1 is 1.35 bits per heavy atom. The summed E-state index contributed by atoms with van der Waals surface area (Å²) in [6.07, 6.45) is 4.87. The summed E-state index contributed by atoms with van der Waals surface area (Å²) in [6, 6.07) is 6.51. The second kappa shape index (κ2) is 5.92. The van der Waals surface area contributed by atoms with Gasteiger partial charge in [-0.2, -0.15) is 0 Å². The number of benzene rings is 1. The lowest BCUT2D eigenvalue weighted by Gasteiger charge is -2.41. The molecule has 1 aromatic rings. The number of aliphatic hydroxyl groups excluding tert-OH is 1. The highest BCUT2D eigenvalue weighted by atomic mass is 16.6. The number of aliphatic hydroxyl groups is 1. The molecule has 4 heteroatoms. The van der Waals surface area contributed by atoms with Crippen LogP contribution >= 0.6 is 0 Å². The van der Waals surface area contributed by atoms with Crippen molar-refractivity contribution in [3.05, 3.63) is 39.9 Å². The fraction of sp³-hybridized carbons (Fsp3) is 0.625. The van der Waals surface area contributed by atoms with E-state index >= 15 is 0 Å². The van der Waals surface area contributed by atoms with Crippen LogP contribution in [-0.2, 0) is 6.42 Å². The molecule has 0 aliphatic heterocycles. The molecule has 1 aliphatic rings. The molecule has 2 atom stereocenters. The van der Waals surface area contributed by atoms with Gasteiger partial charge in [0, 0.05) is 12.1 Å². The molecule has 0 amide bonds. The normalized spacial score (nSPS) is 23.2. The average molecular weight is 277 g/mol. The SMILES string of the molecule is CC1(C)CCCCC1C(O)Cc1ccc([N+](=O)[O-])cc1. The van der Waals surface area contributed by atoms with Crippen LogP contribution in [0.25, 0.3) is 0 Å². The zero-order chi connectivity index (χ0) is 14.8. The molecule has 1 aromatic carbocycles. The third-order valence-corrected chi connectivity index (χ3v) is 4.65. The third-order valence-electron chi connectivity index (χ3n) is 4.65. The van der Waals surface area contributed by atoms with Gasteiger partial charge in [-0.3, -0.25) is 10.1 Å². The lowest BCUT2D eigenvalue weighted by molar-refractivity contribution is -0.384. The number of nitrogens with zero attached hydrogens (tertiary/aromatic N) is 1. The smallest absolute Gasteiger partial charge is 0.269 e. The van der Waals surface area contributed by atoms with Crippen molar-refractivity contribution in [3.8, 4) is 0 Å². The number of non-ortho nitro benzene ring substituents is 1. The van der Waals surface area contributed by atoms with Gasteiger partial charge in [0.15, 0.2) is 0 Å². The molecule has 2 unspecified atom stereocenters. The standard InChI is InChI=1S/C16H23NO3/c1-16(2)10-4-3-5-14(16)15(18)11-12-6-8-13(9-7-12)17(19)20/h6-9,14-15,18H,3-5,10-11H2,1-2H3. The molecule has 1 fully saturated rings. The molecule has 0 spiro atoms. The zero-order valence-electron chi connectivity index (χ0n) is 12.2. The Labute approximate surface area is 120 Å². The molecule has 0 aromatic heterocycles. The summed E-state index contributed by atoms with van der Waals surface area (Å²) in [5.74, 6) is 0.312. The van der Waals surface area contributed by atoms with Gasteiger partial charge in [-0.05, 0) is 36.2 Å². The van der Waals surface area contributed by atoms with Crippen molar-refractivity contribution in [1.82, 2.24) is 0 Å². The maximum atomic E-state index is 10.6. The van der Waals surface area contributed by atoms with E-state index in [1.54, 1.807) is 12.1 Å². The summed E-state index contributed by atoms with van der Waals surface area (Å²) in [5, 5.41) is 21.1. The second-order valence-electron chi connectivity index (χ2n) is 6.54. The maximum Gasteiger partial charge on any atom is 0.269 e. The quantitative estimate of drug-likeness (QED) is 0.674. The van der Waals surface area contributed by atoms with Crippen LogP contribution in [0.5, 0.6) is 0 Å². The van der Waals surface area contributed by atoms with Gasteiger partial charge in [-0.25, -0.2) is 0 Å². The van der Waals surface area contributed by atoms with Gasteiger partial charge in [0.1, 0.15) is 0 Å². The Morgan fingerprint density at radius 3 is 2.55 bits per heavy atom. The van der Waals surface area contributed by atoms with Gasteiger partial charge >= 0.3 is 0 Å². The lowest BCUT2D eigenvalue weighted by Crippen LogP contribution is -2.37. The van der Waals surface area contributed by atoms with E-state index in [2.05, 4.69) is 13.8 Å². The van der Waals surface area contributed by atoms with Gasteiger partial charge in [0.2, 0.25) is 0 Å². The summed E-state index contributed by atoms with van der Waals surface area (Å²) in [5.41, 5.74) is 1.24. The Bertz CT molecular complexity index is 467. The summed E-state index contributed by atoms with van der Waals surface area (Å²) in [7, 11) is 0. The van der Waals surface area contributed by atoms with Crippen LogP contribution in [0.2, 0.25) is 0 Å². The van der Waals surface area contributed by atoms with Crippen LogP contribution in [0, 0.1) is 21.4 Å². The molecule has 2 rings (SSSR count). The van der Waals surface area contributed by atoms with Gasteiger partial charge in [-0.15, -0.1) is 0 Å². The first-order valence-electron chi connectivity index (χ1n) is 7.31. The number of rotatable bonds is 4. The van der Waals surface area contributed by atoms with Crippen molar-refractivity contribution in [2.45, 2.75) is 52.1 Å². The zero-order valence-corrected chi connectivity index (χ0v) is 12.2. The number of nitro benzene ring substituents is 1. The Morgan fingerprint density at radius 2 is 2.00 bits per heavy atom. The van der Waals surface area contributed by atoms with E-state index < -0.39 is 4.92 Å². The molecule has 4 nitrogen and oxygen atoms in total. The maximum absolute atomic E-state index is 10.6. The topological polar surface area (TPSA) is 63.4 Å². The first kappa shape index (κ1) is 15.0. The van der Waals surface area contributed by atoms with E-state index in [0.717, 1.165) is 18.4 Å². The predicted octanol–water partition coefficient (Wildman–Crippen LogP) is 3.71. The van der Waals surface area contributed by atoms with E-state index in [1.807, 2.05) is 0 Å². The largest absolute Gasteiger partial charge is 0.392 e. The number of nitro groups is 1. The van der Waals surface area contributed by atoms with Crippen molar-refractivity contribution in [1.29, 1.82) is 0 Å². The molecule has 110 valence electrons. The summed E-state index contributed by atoms with van der Waals surface area (Å²) < 4.78 is 0. The van der Waals surface area contributed by atoms with E-state index in [9.17, 15) is 15.2 Å². The van der Waals surface area contributed by atoms with Crippen molar-refractivity contribution in [2.24, 2.45) is 11.3 Å². The minimum absolute atomic E-state index is 0.0984. The molecule has 1 aliphatic carbocycles. The van der Waals surface area contributed by atoms with Gasteiger partial charge in [0.05, 0.1) is 11.0 Å². The summed E-state index contributed by atoms with van der Waals surface area (Å²) in [4.78, 5) is 10.2. The monoisotopic (exact) mass is 277 g/mol. The van der Waals surface area contributed by atoms with E-state index in [0.29, 0.717) is 12.3 Å². The van der Waals surface area contributed by atoms with E-state index in [1.165, 1.54) is 25.0 Å². The van der Waals surface area contributed by atoms with Crippen LogP contribution in [0.1, 0.15) is 45.1 Å².